The maximum absolute atomic E-state index is 5.85. The minimum absolute atomic E-state index is 0.295. The standard InChI is InChI=1S/C16H24N2O/c17-18-16(12-5-3-1-2-4-6-12)13-7-8-14-10-19-11-15(14)9-13/h7-9,12,16,18H,1-6,10-11,17H2. The average Bonchev–Trinajstić information content (AvgIpc) is 2.74. The summed E-state index contributed by atoms with van der Waals surface area (Å²) in [5, 5.41) is 0. The van der Waals surface area contributed by atoms with Gasteiger partial charge in [-0.05, 0) is 35.4 Å². The molecule has 3 rings (SSSR count). The quantitative estimate of drug-likeness (QED) is 0.498. The summed E-state index contributed by atoms with van der Waals surface area (Å²) in [4.78, 5) is 0. The lowest BCUT2D eigenvalue weighted by Gasteiger charge is -2.26. The Labute approximate surface area is 115 Å². The van der Waals surface area contributed by atoms with Crippen LogP contribution in [0.2, 0.25) is 0 Å². The Morgan fingerprint density at radius 2 is 1.79 bits per heavy atom. The highest BCUT2D eigenvalue weighted by molar-refractivity contribution is 5.34. The minimum Gasteiger partial charge on any atom is -0.372 e. The van der Waals surface area contributed by atoms with Gasteiger partial charge in [-0.3, -0.25) is 11.3 Å². The second-order valence-corrected chi connectivity index (χ2v) is 5.92. The summed E-state index contributed by atoms with van der Waals surface area (Å²) in [5.41, 5.74) is 7.07. The molecule has 1 heterocycles. The molecular formula is C16H24N2O. The van der Waals surface area contributed by atoms with Gasteiger partial charge in [0.25, 0.3) is 0 Å². The zero-order valence-electron chi connectivity index (χ0n) is 11.5. The highest BCUT2D eigenvalue weighted by Gasteiger charge is 2.24. The Morgan fingerprint density at radius 3 is 2.53 bits per heavy atom. The number of nitrogens with one attached hydrogen (secondary N) is 1. The van der Waals surface area contributed by atoms with Crippen LogP contribution < -0.4 is 11.3 Å². The van der Waals surface area contributed by atoms with Crippen molar-refractivity contribution in [2.75, 3.05) is 0 Å². The van der Waals surface area contributed by atoms with Crippen molar-refractivity contribution in [1.82, 2.24) is 5.43 Å². The van der Waals surface area contributed by atoms with Crippen LogP contribution >= 0.6 is 0 Å². The maximum atomic E-state index is 5.85. The summed E-state index contributed by atoms with van der Waals surface area (Å²) in [5.74, 6) is 6.52. The number of hydrazine groups is 1. The second-order valence-electron chi connectivity index (χ2n) is 5.92. The van der Waals surface area contributed by atoms with E-state index in [1.807, 2.05) is 0 Å². The van der Waals surface area contributed by atoms with Gasteiger partial charge in [0.2, 0.25) is 0 Å². The second kappa shape index (κ2) is 6.04. The van der Waals surface area contributed by atoms with E-state index in [1.165, 1.54) is 55.2 Å². The van der Waals surface area contributed by atoms with Crippen LogP contribution in [0.4, 0.5) is 0 Å². The zero-order valence-corrected chi connectivity index (χ0v) is 11.5. The van der Waals surface area contributed by atoms with Crippen LogP contribution in [-0.4, -0.2) is 0 Å². The van der Waals surface area contributed by atoms with Crippen molar-refractivity contribution in [3.8, 4) is 0 Å². The Balaban J connectivity index is 1.80. The first-order valence-electron chi connectivity index (χ1n) is 7.54. The van der Waals surface area contributed by atoms with Crippen molar-refractivity contribution in [2.45, 2.75) is 57.8 Å². The van der Waals surface area contributed by atoms with E-state index in [2.05, 4.69) is 23.6 Å². The van der Waals surface area contributed by atoms with Gasteiger partial charge in [-0.15, -0.1) is 0 Å². The molecule has 1 aromatic rings. The zero-order chi connectivity index (χ0) is 13.1. The molecule has 104 valence electrons. The molecule has 2 aliphatic rings. The SMILES string of the molecule is NNC(c1ccc2c(c1)COC2)C1CCCCCC1. The van der Waals surface area contributed by atoms with Crippen LogP contribution in [0.15, 0.2) is 18.2 Å². The van der Waals surface area contributed by atoms with Gasteiger partial charge in [0.1, 0.15) is 0 Å². The van der Waals surface area contributed by atoms with Crippen LogP contribution in [0.25, 0.3) is 0 Å². The molecule has 0 aromatic heterocycles. The highest BCUT2D eigenvalue weighted by Crippen LogP contribution is 2.34. The summed E-state index contributed by atoms with van der Waals surface area (Å²) in [6, 6.07) is 7.02. The van der Waals surface area contributed by atoms with Crippen LogP contribution in [-0.2, 0) is 18.0 Å². The molecule has 3 N–H and O–H groups in total. The first kappa shape index (κ1) is 13.1. The number of fused-ring (bicyclic) bond motifs is 1. The van der Waals surface area contributed by atoms with Crippen molar-refractivity contribution in [3.63, 3.8) is 0 Å². The summed E-state index contributed by atoms with van der Waals surface area (Å²) >= 11 is 0. The molecule has 1 unspecified atom stereocenters. The molecule has 1 atom stereocenters. The van der Waals surface area contributed by atoms with Crippen LogP contribution in [0.1, 0.15) is 61.3 Å². The molecule has 0 bridgehead atoms. The highest BCUT2D eigenvalue weighted by atomic mass is 16.5. The normalized spacial score (nSPS) is 21.9. The number of ether oxygens (including phenoxy) is 1. The van der Waals surface area contributed by atoms with E-state index in [9.17, 15) is 0 Å². The molecule has 1 saturated carbocycles. The van der Waals surface area contributed by atoms with E-state index in [4.69, 9.17) is 10.6 Å². The maximum Gasteiger partial charge on any atom is 0.0725 e. The predicted molar refractivity (Wildman–Crippen MR) is 76.2 cm³/mol. The lowest BCUT2D eigenvalue weighted by Crippen LogP contribution is -2.33. The number of benzene rings is 1. The monoisotopic (exact) mass is 260 g/mol. The molecule has 0 saturated heterocycles. The Hall–Kier alpha value is -0.900. The Kier molecular flexibility index (Phi) is 4.16. The summed E-state index contributed by atoms with van der Waals surface area (Å²) in [6.45, 7) is 1.52. The number of hydrogen-bond acceptors (Lipinski definition) is 3. The number of nitrogens with two attached hydrogens (primary N) is 1. The molecule has 1 aromatic carbocycles. The molecular weight excluding hydrogens is 236 g/mol. The van der Waals surface area contributed by atoms with E-state index in [0.717, 1.165) is 13.2 Å². The van der Waals surface area contributed by atoms with Gasteiger partial charge in [0.15, 0.2) is 0 Å². The van der Waals surface area contributed by atoms with Gasteiger partial charge in [0, 0.05) is 6.04 Å². The Bertz CT molecular complexity index is 425. The third-order valence-corrected chi connectivity index (χ3v) is 4.66. The van der Waals surface area contributed by atoms with Crippen molar-refractivity contribution in [3.05, 3.63) is 34.9 Å². The van der Waals surface area contributed by atoms with E-state index >= 15 is 0 Å². The number of hydrogen-bond donors (Lipinski definition) is 2. The predicted octanol–water partition coefficient (Wildman–Crippen LogP) is 3.19. The summed E-state index contributed by atoms with van der Waals surface area (Å²) in [7, 11) is 0. The molecule has 0 spiro atoms. The van der Waals surface area contributed by atoms with Gasteiger partial charge >= 0.3 is 0 Å². The molecule has 1 aliphatic carbocycles. The van der Waals surface area contributed by atoms with E-state index < -0.39 is 0 Å². The molecule has 1 fully saturated rings. The van der Waals surface area contributed by atoms with Crippen molar-refractivity contribution in [1.29, 1.82) is 0 Å². The third kappa shape index (κ3) is 2.83. The molecule has 3 nitrogen and oxygen atoms in total. The van der Waals surface area contributed by atoms with Gasteiger partial charge < -0.3 is 4.74 Å². The first-order valence-corrected chi connectivity index (χ1v) is 7.54. The van der Waals surface area contributed by atoms with Gasteiger partial charge in [-0.2, -0.15) is 0 Å². The molecule has 0 radical (unpaired) electrons. The molecule has 1 aliphatic heterocycles. The van der Waals surface area contributed by atoms with Crippen LogP contribution in [0, 0.1) is 5.92 Å². The van der Waals surface area contributed by atoms with Gasteiger partial charge in [-0.25, -0.2) is 0 Å². The largest absolute Gasteiger partial charge is 0.372 e. The Morgan fingerprint density at radius 1 is 1.05 bits per heavy atom. The van der Waals surface area contributed by atoms with Crippen LogP contribution in [0.3, 0.4) is 0 Å². The topological polar surface area (TPSA) is 47.3 Å². The third-order valence-electron chi connectivity index (χ3n) is 4.66. The van der Waals surface area contributed by atoms with Crippen molar-refractivity contribution in [2.24, 2.45) is 11.8 Å². The van der Waals surface area contributed by atoms with Crippen molar-refractivity contribution < 1.29 is 4.74 Å². The average molecular weight is 260 g/mol. The fourth-order valence-corrected chi connectivity index (χ4v) is 3.53. The van der Waals surface area contributed by atoms with E-state index in [-0.39, 0.29) is 0 Å². The summed E-state index contributed by atoms with van der Waals surface area (Å²) < 4.78 is 5.50. The number of rotatable bonds is 3. The smallest absolute Gasteiger partial charge is 0.0725 e. The van der Waals surface area contributed by atoms with Gasteiger partial charge in [-0.1, -0.05) is 43.9 Å². The van der Waals surface area contributed by atoms with Gasteiger partial charge in [0.05, 0.1) is 13.2 Å². The lowest BCUT2D eigenvalue weighted by molar-refractivity contribution is 0.134. The lowest BCUT2D eigenvalue weighted by atomic mass is 9.86. The van der Waals surface area contributed by atoms with E-state index in [0.29, 0.717) is 12.0 Å². The van der Waals surface area contributed by atoms with Crippen molar-refractivity contribution >= 4 is 0 Å². The fraction of sp³-hybridized carbons (Fsp3) is 0.625. The fourth-order valence-electron chi connectivity index (χ4n) is 3.53. The summed E-state index contributed by atoms with van der Waals surface area (Å²) in [6.07, 6.45) is 8.04. The molecule has 3 heteroatoms. The minimum atomic E-state index is 0.295. The first-order chi connectivity index (χ1) is 9.38. The van der Waals surface area contributed by atoms with Crippen LogP contribution in [0.5, 0.6) is 0 Å². The molecule has 0 amide bonds. The van der Waals surface area contributed by atoms with E-state index in [1.54, 1.807) is 0 Å². The molecule has 19 heavy (non-hydrogen) atoms.